The molecular formula is C12H9O4. The average Bonchev–Trinajstić information content (AvgIpc) is 2.27. The van der Waals surface area contributed by atoms with Gasteiger partial charge < -0.3 is 9.47 Å². The number of carbonyl (C=O) groups excluding carboxylic acids is 2. The largest absolute Gasteiger partial charge is 0.450 e. The minimum absolute atomic E-state index is 0.305. The Morgan fingerprint density at radius 2 is 2.12 bits per heavy atom. The predicted molar refractivity (Wildman–Crippen MR) is 55.0 cm³/mol. The van der Waals surface area contributed by atoms with Crippen LogP contribution in [0.2, 0.25) is 0 Å². The van der Waals surface area contributed by atoms with E-state index in [1.54, 1.807) is 12.1 Å². The number of ether oxygens (including phenoxy) is 2. The lowest BCUT2D eigenvalue weighted by Gasteiger charge is -2.34. The van der Waals surface area contributed by atoms with Crippen molar-refractivity contribution in [3.63, 3.8) is 0 Å². The first-order chi connectivity index (χ1) is 7.79. The molecule has 1 aromatic rings. The SMILES string of the molecule is C=COC(=O)C1[C](OC=O)c2ccccc21. The Kier molecular flexibility index (Phi) is 2.72. The summed E-state index contributed by atoms with van der Waals surface area (Å²) in [6.07, 6.45) is 1.39. The summed E-state index contributed by atoms with van der Waals surface area (Å²) in [5.41, 5.74) is 1.56. The minimum atomic E-state index is -0.626. The highest BCUT2D eigenvalue weighted by atomic mass is 16.5. The van der Waals surface area contributed by atoms with Gasteiger partial charge in [0.05, 0.1) is 6.26 Å². The smallest absolute Gasteiger partial charge is 0.322 e. The highest BCUT2D eigenvalue weighted by molar-refractivity contribution is 5.87. The van der Waals surface area contributed by atoms with Crippen molar-refractivity contribution in [2.45, 2.75) is 5.92 Å². The monoisotopic (exact) mass is 217 g/mol. The van der Waals surface area contributed by atoms with Crippen molar-refractivity contribution < 1.29 is 19.1 Å². The molecule has 0 amide bonds. The van der Waals surface area contributed by atoms with E-state index >= 15 is 0 Å². The number of esters is 1. The van der Waals surface area contributed by atoms with Gasteiger partial charge in [-0.25, -0.2) is 0 Å². The fourth-order valence-electron chi connectivity index (χ4n) is 1.76. The van der Waals surface area contributed by atoms with Crippen LogP contribution in [-0.4, -0.2) is 12.4 Å². The van der Waals surface area contributed by atoms with E-state index in [0.29, 0.717) is 12.6 Å². The van der Waals surface area contributed by atoms with Crippen LogP contribution >= 0.6 is 0 Å². The summed E-state index contributed by atoms with van der Waals surface area (Å²) in [7, 11) is 0. The third kappa shape index (κ3) is 1.48. The molecule has 0 aliphatic heterocycles. The maximum absolute atomic E-state index is 11.6. The molecule has 16 heavy (non-hydrogen) atoms. The van der Waals surface area contributed by atoms with Gasteiger partial charge in [-0.2, -0.15) is 0 Å². The number of fused-ring (bicyclic) bond motifs is 1. The zero-order valence-electron chi connectivity index (χ0n) is 8.38. The standard InChI is InChI=1S/C12H9O4/c1-2-15-12(14)10-8-5-3-4-6-9(8)11(10)16-7-13/h2-7,10H,1H2. The average molecular weight is 217 g/mol. The van der Waals surface area contributed by atoms with Crippen LogP contribution < -0.4 is 0 Å². The van der Waals surface area contributed by atoms with Crippen LogP contribution in [0.5, 0.6) is 0 Å². The van der Waals surface area contributed by atoms with Crippen LogP contribution in [0.4, 0.5) is 0 Å². The molecule has 2 rings (SSSR count). The van der Waals surface area contributed by atoms with Crippen LogP contribution in [0.15, 0.2) is 37.1 Å². The van der Waals surface area contributed by atoms with E-state index in [-0.39, 0.29) is 0 Å². The van der Waals surface area contributed by atoms with Crippen molar-refractivity contribution >= 4 is 12.4 Å². The Balaban J connectivity index is 2.28. The Morgan fingerprint density at radius 3 is 2.81 bits per heavy atom. The van der Waals surface area contributed by atoms with Gasteiger partial charge in [0.1, 0.15) is 5.92 Å². The molecule has 0 bridgehead atoms. The van der Waals surface area contributed by atoms with Gasteiger partial charge in [-0.15, -0.1) is 0 Å². The molecule has 0 heterocycles. The van der Waals surface area contributed by atoms with E-state index in [1.165, 1.54) is 0 Å². The van der Waals surface area contributed by atoms with Crippen LogP contribution in [0.3, 0.4) is 0 Å². The van der Waals surface area contributed by atoms with Gasteiger partial charge in [-0.3, -0.25) is 9.59 Å². The van der Waals surface area contributed by atoms with E-state index in [4.69, 9.17) is 4.74 Å². The Hall–Kier alpha value is -2.10. The summed E-state index contributed by atoms with van der Waals surface area (Å²) in [6.45, 7) is 3.61. The first kappa shape index (κ1) is 10.4. The Labute approximate surface area is 92.5 Å². The molecule has 81 valence electrons. The third-order valence-corrected chi connectivity index (χ3v) is 2.41. The van der Waals surface area contributed by atoms with E-state index in [9.17, 15) is 9.59 Å². The van der Waals surface area contributed by atoms with Crippen molar-refractivity contribution in [1.82, 2.24) is 0 Å². The molecule has 0 N–H and O–H groups in total. The number of benzene rings is 1. The van der Waals surface area contributed by atoms with Crippen molar-refractivity contribution in [2.24, 2.45) is 0 Å². The van der Waals surface area contributed by atoms with Gasteiger partial charge in [-0.05, 0) is 5.56 Å². The fraction of sp³-hybridized carbons (Fsp3) is 0.0833. The fourth-order valence-corrected chi connectivity index (χ4v) is 1.76. The Morgan fingerprint density at radius 1 is 1.38 bits per heavy atom. The van der Waals surface area contributed by atoms with Crippen LogP contribution in [0.25, 0.3) is 0 Å². The molecule has 0 aromatic heterocycles. The zero-order chi connectivity index (χ0) is 11.5. The summed E-state index contributed by atoms with van der Waals surface area (Å²) in [4.78, 5) is 21.9. The van der Waals surface area contributed by atoms with Crippen LogP contribution in [0, 0.1) is 6.10 Å². The van der Waals surface area contributed by atoms with Gasteiger partial charge in [0.15, 0.2) is 6.10 Å². The molecule has 1 atom stereocenters. The number of hydrogen-bond donors (Lipinski definition) is 0. The summed E-state index contributed by atoms with van der Waals surface area (Å²) in [5, 5.41) is 0. The van der Waals surface area contributed by atoms with Crippen LogP contribution in [0.1, 0.15) is 17.0 Å². The maximum Gasteiger partial charge on any atom is 0.322 e. The molecule has 0 spiro atoms. The van der Waals surface area contributed by atoms with E-state index in [1.807, 2.05) is 12.1 Å². The second kappa shape index (κ2) is 4.18. The number of carbonyl (C=O) groups is 2. The topological polar surface area (TPSA) is 52.6 Å². The molecule has 0 fully saturated rings. The highest BCUT2D eigenvalue weighted by Gasteiger charge is 2.46. The summed E-state index contributed by atoms with van der Waals surface area (Å²) in [5.74, 6) is -1.12. The second-order valence-electron chi connectivity index (χ2n) is 3.20. The van der Waals surface area contributed by atoms with Gasteiger partial charge in [0, 0.05) is 5.56 Å². The third-order valence-electron chi connectivity index (χ3n) is 2.41. The normalized spacial score (nSPS) is 17.9. The first-order valence-corrected chi connectivity index (χ1v) is 4.67. The zero-order valence-corrected chi connectivity index (χ0v) is 8.38. The molecule has 1 radical (unpaired) electrons. The maximum atomic E-state index is 11.6. The molecule has 4 nitrogen and oxygen atoms in total. The number of rotatable bonds is 4. The van der Waals surface area contributed by atoms with Gasteiger partial charge >= 0.3 is 5.97 Å². The Bertz CT molecular complexity index is 438. The molecule has 0 saturated heterocycles. The molecule has 0 saturated carbocycles. The quantitative estimate of drug-likeness (QED) is 0.436. The summed E-state index contributed by atoms with van der Waals surface area (Å²) in [6, 6.07) is 7.20. The highest BCUT2D eigenvalue weighted by Crippen LogP contribution is 2.46. The molecule has 1 aromatic carbocycles. The van der Waals surface area contributed by atoms with Crippen molar-refractivity contribution in [2.75, 3.05) is 0 Å². The van der Waals surface area contributed by atoms with Gasteiger partial charge in [-0.1, -0.05) is 30.8 Å². The molecule has 1 aliphatic carbocycles. The van der Waals surface area contributed by atoms with Crippen molar-refractivity contribution in [1.29, 1.82) is 0 Å². The second-order valence-corrected chi connectivity index (χ2v) is 3.20. The molecule has 1 unspecified atom stereocenters. The van der Waals surface area contributed by atoms with Gasteiger partial charge in [0.2, 0.25) is 0 Å². The van der Waals surface area contributed by atoms with E-state index < -0.39 is 11.9 Å². The predicted octanol–water partition coefficient (Wildman–Crippen LogP) is 1.52. The first-order valence-electron chi connectivity index (χ1n) is 4.67. The van der Waals surface area contributed by atoms with Crippen molar-refractivity contribution in [3.8, 4) is 0 Å². The summed E-state index contributed by atoms with van der Waals surface area (Å²) >= 11 is 0. The molecular weight excluding hydrogens is 208 g/mol. The summed E-state index contributed by atoms with van der Waals surface area (Å²) < 4.78 is 9.47. The van der Waals surface area contributed by atoms with Crippen molar-refractivity contribution in [3.05, 3.63) is 54.3 Å². The van der Waals surface area contributed by atoms with E-state index in [0.717, 1.165) is 17.4 Å². The van der Waals surface area contributed by atoms with Crippen LogP contribution in [-0.2, 0) is 19.1 Å². The minimum Gasteiger partial charge on any atom is -0.450 e. The molecule has 1 aliphatic rings. The molecule has 4 heteroatoms. The number of hydrogen-bond acceptors (Lipinski definition) is 4. The van der Waals surface area contributed by atoms with E-state index in [2.05, 4.69) is 11.3 Å². The lowest BCUT2D eigenvalue weighted by atomic mass is 9.74. The van der Waals surface area contributed by atoms with Gasteiger partial charge in [0.25, 0.3) is 6.47 Å². The lowest BCUT2D eigenvalue weighted by molar-refractivity contribution is -0.142. The lowest BCUT2D eigenvalue weighted by Crippen LogP contribution is -2.33.